The topological polar surface area (TPSA) is 50.8 Å². The number of hydrogen-bond acceptors (Lipinski definition) is 4. The Balaban J connectivity index is 1.73. The Kier molecular flexibility index (Phi) is 5.53. The van der Waals surface area contributed by atoms with Crippen molar-refractivity contribution in [2.75, 3.05) is 25.2 Å². The SMILES string of the molecule is C=C(C)COc1ccc(C=C[C@]23NC(=O)CCN2c2ccc(C)cc2C3(C)C)cc1OC. The Morgan fingerprint density at radius 3 is 2.72 bits per heavy atom. The van der Waals surface area contributed by atoms with Crippen molar-refractivity contribution < 1.29 is 14.3 Å². The van der Waals surface area contributed by atoms with E-state index in [9.17, 15) is 4.79 Å². The molecule has 5 heteroatoms. The number of methoxy groups -OCH3 is 1. The minimum atomic E-state index is -0.638. The highest BCUT2D eigenvalue weighted by atomic mass is 16.5. The number of carbonyl (C=O) groups is 1. The van der Waals surface area contributed by atoms with Crippen molar-refractivity contribution in [1.29, 1.82) is 0 Å². The third kappa shape index (κ3) is 3.56. The van der Waals surface area contributed by atoms with Crippen LogP contribution in [0.4, 0.5) is 5.69 Å². The standard InChI is InChI=1S/C27H32N2O3/c1-18(2)17-32-23-10-8-20(16-24(23)31-6)11-13-27-26(4,5)21-15-19(3)7-9-22(21)29(27)14-12-25(30)28-27/h7-11,13,15-16H,1,12,14,17H2,2-6H3,(H,28,30)/t27-/m0/s1. The van der Waals surface area contributed by atoms with E-state index in [1.165, 1.54) is 16.8 Å². The van der Waals surface area contributed by atoms with Gasteiger partial charge in [0.05, 0.1) is 7.11 Å². The molecule has 1 atom stereocenters. The zero-order valence-corrected chi connectivity index (χ0v) is 19.6. The summed E-state index contributed by atoms with van der Waals surface area (Å²) in [6, 6.07) is 12.4. The molecule has 0 radical (unpaired) electrons. The first-order valence-electron chi connectivity index (χ1n) is 11.0. The van der Waals surface area contributed by atoms with E-state index < -0.39 is 5.66 Å². The van der Waals surface area contributed by atoms with Crippen molar-refractivity contribution in [1.82, 2.24) is 5.32 Å². The number of benzene rings is 2. The first-order chi connectivity index (χ1) is 15.2. The van der Waals surface area contributed by atoms with Crippen LogP contribution in [0.15, 0.2) is 54.6 Å². The monoisotopic (exact) mass is 432 g/mol. The second-order valence-corrected chi connectivity index (χ2v) is 9.35. The molecule has 1 saturated heterocycles. The van der Waals surface area contributed by atoms with E-state index in [-0.39, 0.29) is 11.3 Å². The lowest BCUT2D eigenvalue weighted by atomic mass is 9.74. The predicted molar refractivity (Wildman–Crippen MR) is 129 cm³/mol. The van der Waals surface area contributed by atoms with Crippen LogP contribution in [0.2, 0.25) is 0 Å². The number of aryl methyl sites for hydroxylation is 1. The molecule has 0 unspecified atom stereocenters. The number of nitrogens with one attached hydrogen (secondary N) is 1. The zero-order valence-electron chi connectivity index (χ0n) is 19.6. The summed E-state index contributed by atoms with van der Waals surface area (Å²) in [6.45, 7) is 13.5. The first-order valence-corrected chi connectivity index (χ1v) is 11.0. The highest BCUT2D eigenvalue weighted by Gasteiger charge is 2.57. The second kappa shape index (κ2) is 8.05. The summed E-state index contributed by atoms with van der Waals surface area (Å²) < 4.78 is 11.3. The lowest BCUT2D eigenvalue weighted by Crippen LogP contribution is -2.68. The Labute approximate surface area is 190 Å². The van der Waals surface area contributed by atoms with E-state index in [4.69, 9.17) is 9.47 Å². The zero-order chi connectivity index (χ0) is 23.1. The van der Waals surface area contributed by atoms with Gasteiger partial charge in [-0.15, -0.1) is 0 Å². The number of ether oxygens (including phenoxy) is 2. The molecule has 0 saturated carbocycles. The number of nitrogens with zero attached hydrogens (tertiary/aromatic N) is 1. The molecule has 2 aliphatic rings. The van der Waals surface area contributed by atoms with E-state index >= 15 is 0 Å². The summed E-state index contributed by atoms with van der Waals surface area (Å²) in [5.74, 6) is 1.42. The molecule has 0 bridgehead atoms. The molecule has 32 heavy (non-hydrogen) atoms. The van der Waals surface area contributed by atoms with Gasteiger partial charge >= 0.3 is 0 Å². The van der Waals surface area contributed by atoms with E-state index in [1.807, 2.05) is 25.1 Å². The molecule has 1 N–H and O–H groups in total. The number of anilines is 1. The van der Waals surface area contributed by atoms with Gasteiger partial charge in [-0.25, -0.2) is 0 Å². The minimum Gasteiger partial charge on any atom is -0.493 e. The summed E-state index contributed by atoms with van der Waals surface area (Å²) >= 11 is 0. The highest BCUT2D eigenvalue weighted by Crippen LogP contribution is 2.52. The molecule has 4 rings (SSSR count). The molecular weight excluding hydrogens is 400 g/mol. The van der Waals surface area contributed by atoms with E-state index in [1.54, 1.807) is 7.11 Å². The van der Waals surface area contributed by atoms with Gasteiger partial charge in [-0.2, -0.15) is 0 Å². The Hall–Kier alpha value is -3.21. The van der Waals surface area contributed by atoms with E-state index in [0.717, 1.165) is 11.1 Å². The maximum absolute atomic E-state index is 12.6. The summed E-state index contributed by atoms with van der Waals surface area (Å²) in [5.41, 5.74) is 4.63. The quantitative estimate of drug-likeness (QED) is 0.654. The molecule has 0 spiro atoms. The summed E-state index contributed by atoms with van der Waals surface area (Å²) in [4.78, 5) is 14.9. The number of rotatable bonds is 6. The lowest BCUT2D eigenvalue weighted by molar-refractivity contribution is -0.124. The maximum Gasteiger partial charge on any atom is 0.223 e. The van der Waals surface area contributed by atoms with Gasteiger partial charge in [0, 0.05) is 24.1 Å². The predicted octanol–water partition coefficient (Wildman–Crippen LogP) is 4.99. The van der Waals surface area contributed by atoms with Gasteiger partial charge in [-0.05, 0) is 54.8 Å². The highest BCUT2D eigenvalue weighted by molar-refractivity contribution is 5.84. The Morgan fingerprint density at radius 2 is 2.00 bits per heavy atom. The number of fused-ring (bicyclic) bond motifs is 3. The van der Waals surface area contributed by atoms with Gasteiger partial charge in [0.15, 0.2) is 11.5 Å². The van der Waals surface area contributed by atoms with Crippen molar-refractivity contribution in [3.63, 3.8) is 0 Å². The van der Waals surface area contributed by atoms with Crippen molar-refractivity contribution in [3.05, 3.63) is 71.3 Å². The van der Waals surface area contributed by atoms with Crippen molar-refractivity contribution in [2.45, 2.75) is 45.2 Å². The summed E-state index contributed by atoms with van der Waals surface area (Å²) in [6.07, 6.45) is 4.67. The van der Waals surface area contributed by atoms with Crippen LogP contribution in [0.25, 0.3) is 6.08 Å². The molecule has 1 fully saturated rings. The molecule has 5 nitrogen and oxygen atoms in total. The van der Waals surface area contributed by atoms with Crippen LogP contribution in [-0.2, 0) is 10.2 Å². The molecular formula is C27H32N2O3. The third-order valence-electron chi connectivity index (χ3n) is 6.57. The minimum absolute atomic E-state index is 0.0737. The largest absolute Gasteiger partial charge is 0.493 e. The van der Waals surface area contributed by atoms with Crippen LogP contribution in [-0.4, -0.2) is 31.8 Å². The van der Waals surface area contributed by atoms with Crippen molar-refractivity contribution >= 4 is 17.7 Å². The van der Waals surface area contributed by atoms with Gasteiger partial charge in [0.1, 0.15) is 12.3 Å². The average Bonchev–Trinajstić information content (AvgIpc) is 2.94. The molecule has 2 heterocycles. The van der Waals surface area contributed by atoms with Crippen LogP contribution in [0, 0.1) is 6.92 Å². The van der Waals surface area contributed by atoms with Crippen LogP contribution in [0.1, 0.15) is 43.9 Å². The molecule has 168 valence electrons. The third-order valence-corrected chi connectivity index (χ3v) is 6.57. The Morgan fingerprint density at radius 1 is 1.22 bits per heavy atom. The second-order valence-electron chi connectivity index (χ2n) is 9.35. The molecule has 1 amide bonds. The van der Waals surface area contributed by atoms with Gasteiger partial charge < -0.3 is 19.7 Å². The normalized spacial score (nSPS) is 21.2. The number of hydrogen-bond donors (Lipinski definition) is 1. The van der Waals surface area contributed by atoms with Crippen LogP contribution >= 0.6 is 0 Å². The van der Waals surface area contributed by atoms with Gasteiger partial charge in [0.2, 0.25) is 5.91 Å². The maximum atomic E-state index is 12.6. The molecule has 0 aromatic heterocycles. The summed E-state index contributed by atoms with van der Waals surface area (Å²) in [7, 11) is 1.64. The molecule has 2 aromatic rings. The summed E-state index contributed by atoms with van der Waals surface area (Å²) in [5, 5.41) is 3.33. The van der Waals surface area contributed by atoms with Gasteiger partial charge in [0.25, 0.3) is 0 Å². The average molecular weight is 433 g/mol. The lowest BCUT2D eigenvalue weighted by Gasteiger charge is -2.49. The van der Waals surface area contributed by atoms with Crippen LogP contribution in [0.3, 0.4) is 0 Å². The van der Waals surface area contributed by atoms with Gasteiger partial charge in [-0.3, -0.25) is 4.79 Å². The van der Waals surface area contributed by atoms with Crippen molar-refractivity contribution in [2.24, 2.45) is 0 Å². The van der Waals surface area contributed by atoms with Crippen LogP contribution in [0.5, 0.6) is 11.5 Å². The molecule has 2 aromatic carbocycles. The molecule has 0 aliphatic carbocycles. The fourth-order valence-corrected chi connectivity index (χ4v) is 4.79. The smallest absolute Gasteiger partial charge is 0.223 e. The van der Waals surface area contributed by atoms with E-state index in [2.05, 4.69) is 67.9 Å². The fraction of sp³-hybridized carbons (Fsp3) is 0.370. The molecule has 2 aliphatic heterocycles. The van der Waals surface area contributed by atoms with Crippen LogP contribution < -0.4 is 19.7 Å². The number of amides is 1. The van der Waals surface area contributed by atoms with E-state index in [0.29, 0.717) is 31.1 Å². The Bertz CT molecular complexity index is 1100. The first kappa shape index (κ1) is 22.0. The van der Waals surface area contributed by atoms with Gasteiger partial charge in [-0.1, -0.05) is 50.3 Å². The van der Waals surface area contributed by atoms with Crippen molar-refractivity contribution in [3.8, 4) is 11.5 Å². The number of carbonyl (C=O) groups excluding carboxylic acids is 1. The fourth-order valence-electron chi connectivity index (χ4n) is 4.79.